The standard InChI is InChI=1S/C12H18BrFN2O2S2/c1-8(3-4-19-2)16-20(17,18)11-6-10(13)5-9(7-15)12(11)14/h5-6,8,16H,3-4,7,15H2,1-2H3. The number of hydrogen-bond acceptors (Lipinski definition) is 4. The number of thioether (sulfide) groups is 1. The van der Waals surface area contributed by atoms with Crippen LogP contribution in [0.5, 0.6) is 0 Å². The van der Waals surface area contributed by atoms with Crippen molar-refractivity contribution in [2.24, 2.45) is 5.73 Å². The van der Waals surface area contributed by atoms with Crippen molar-refractivity contribution in [2.45, 2.75) is 30.8 Å². The van der Waals surface area contributed by atoms with Gasteiger partial charge in [0.25, 0.3) is 0 Å². The van der Waals surface area contributed by atoms with Crippen molar-refractivity contribution < 1.29 is 12.8 Å². The molecule has 0 aliphatic heterocycles. The average molecular weight is 385 g/mol. The van der Waals surface area contributed by atoms with Crippen molar-refractivity contribution in [3.63, 3.8) is 0 Å². The van der Waals surface area contributed by atoms with Crippen LogP contribution in [0.15, 0.2) is 21.5 Å². The van der Waals surface area contributed by atoms with E-state index < -0.39 is 15.8 Å². The molecule has 0 aromatic heterocycles. The summed E-state index contributed by atoms with van der Waals surface area (Å²) in [5.41, 5.74) is 5.58. The second kappa shape index (κ2) is 7.74. The van der Waals surface area contributed by atoms with Gasteiger partial charge in [0.05, 0.1) is 0 Å². The van der Waals surface area contributed by atoms with Gasteiger partial charge in [0.1, 0.15) is 10.7 Å². The first-order chi connectivity index (χ1) is 9.31. The van der Waals surface area contributed by atoms with Gasteiger partial charge >= 0.3 is 0 Å². The van der Waals surface area contributed by atoms with Crippen LogP contribution in [0.25, 0.3) is 0 Å². The topological polar surface area (TPSA) is 72.2 Å². The van der Waals surface area contributed by atoms with Gasteiger partial charge in [-0.3, -0.25) is 0 Å². The Labute approximate surface area is 131 Å². The molecule has 114 valence electrons. The van der Waals surface area contributed by atoms with E-state index in [0.717, 1.165) is 5.75 Å². The minimum Gasteiger partial charge on any atom is -0.326 e. The maximum Gasteiger partial charge on any atom is 0.243 e. The van der Waals surface area contributed by atoms with Crippen LogP contribution in [0.2, 0.25) is 0 Å². The zero-order chi connectivity index (χ0) is 15.3. The molecule has 0 aliphatic carbocycles. The number of rotatable bonds is 7. The van der Waals surface area contributed by atoms with E-state index in [4.69, 9.17) is 5.73 Å². The summed E-state index contributed by atoms with van der Waals surface area (Å²) in [6.07, 6.45) is 2.63. The van der Waals surface area contributed by atoms with Crippen LogP contribution < -0.4 is 10.5 Å². The van der Waals surface area contributed by atoms with E-state index in [0.29, 0.717) is 10.9 Å². The highest BCUT2D eigenvalue weighted by atomic mass is 79.9. The highest BCUT2D eigenvalue weighted by molar-refractivity contribution is 9.10. The van der Waals surface area contributed by atoms with E-state index in [1.165, 1.54) is 12.1 Å². The van der Waals surface area contributed by atoms with Crippen molar-refractivity contribution >= 4 is 37.7 Å². The van der Waals surface area contributed by atoms with Crippen LogP contribution in [0.4, 0.5) is 4.39 Å². The van der Waals surface area contributed by atoms with Gasteiger partial charge in [0.15, 0.2) is 0 Å². The molecule has 0 radical (unpaired) electrons. The van der Waals surface area contributed by atoms with Crippen molar-refractivity contribution in [1.29, 1.82) is 0 Å². The third-order valence-corrected chi connectivity index (χ3v) is 5.39. The van der Waals surface area contributed by atoms with Gasteiger partial charge in [-0.05, 0) is 37.5 Å². The second-order valence-electron chi connectivity index (χ2n) is 4.38. The number of nitrogens with two attached hydrogens (primary N) is 1. The smallest absolute Gasteiger partial charge is 0.243 e. The quantitative estimate of drug-likeness (QED) is 0.757. The highest BCUT2D eigenvalue weighted by Crippen LogP contribution is 2.24. The van der Waals surface area contributed by atoms with E-state index in [9.17, 15) is 12.8 Å². The molecule has 0 saturated heterocycles. The molecule has 1 unspecified atom stereocenters. The fourth-order valence-electron chi connectivity index (χ4n) is 1.64. The first-order valence-electron chi connectivity index (χ1n) is 6.01. The van der Waals surface area contributed by atoms with Crippen LogP contribution in [-0.2, 0) is 16.6 Å². The summed E-state index contributed by atoms with van der Waals surface area (Å²) >= 11 is 4.80. The summed E-state index contributed by atoms with van der Waals surface area (Å²) in [6.45, 7) is 1.70. The Bertz CT molecular complexity index is 567. The van der Waals surface area contributed by atoms with Gasteiger partial charge in [-0.15, -0.1) is 0 Å². The molecule has 0 saturated carbocycles. The molecule has 3 N–H and O–H groups in total. The molecule has 1 atom stereocenters. The van der Waals surface area contributed by atoms with Crippen LogP contribution in [0.1, 0.15) is 18.9 Å². The highest BCUT2D eigenvalue weighted by Gasteiger charge is 2.23. The Balaban J connectivity index is 3.06. The Morgan fingerprint density at radius 3 is 2.70 bits per heavy atom. The number of hydrogen-bond donors (Lipinski definition) is 2. The summed E-state index contributed by atoms with van der Waals surface area (Å²) in [4.78, 5) is -0.372. The van der Waals surface area contributed by atoms with E-state index >= 15 is 0 Å². The number of nitrogens with one attached hydrogen (secondary N) is 1. The van der Waals surface area contributed by atoms with Crippen LogP contribution in [-0.4, -0.2) is 26.5 Å². The Kier molecular flexibility index (Phi) is 6.93. The molecule has 20 heavy (non-hydrogen) atoms. The minimum atomic E-state index is -3.90. The molecule has 0 bridgehead atoms. The number of halogens is 2. The average Bonchev–Trinajstić information content (AvgIpc) is 2.37. The first kappa shape index (κ1) is 17.9. The normalized spacial score (nSPS) is 13.4. The molecule has 0 fully saturated rings. The van der Waals surface area contributed by atoms with E-state index in [-0.39, 0.29) is 23.0 Å². The zero-order valence-electron chi connectivity index (χ0n) is 11.3. The van der Waals surface area contributed by atoms with Crippen molar-refractivity contribution in [2.75, 3.05) is 12.0 Å². The lowest BCUT2D eigenvalue weighted by Gasteiger charge is -2.15. The molecular formula is C12H18BrFN2O2S2. The summed E-state index contributed by atoms with van der Waals surface area (Å²) in [5.74, 6) is 0.0406. The maximum absolute atomic E-state index is 14.1. The zero-order valence-corrected chi connectivity index (χ0v) is 14.5. The second-order valence-corrected chi connectivity index (χ2v) is 7.97. The van der Waals surface area contributed by atoms with Crippen molar-refractivity contribution in [3.8, 4) is 0 Å². The van der Waals surface area contributed by atoms with Crippen LogP contribution >= 0.6 is 27.7 Å². The summed E-state index contributed by atoms with van der Waals surface area (Å²) in [7, 11) is -3.90. The van der Waals surface area contributed by atoms with Gasteiger partial charge < -0.3 is 5.73 Å². The molecule has 8 heteroatoms. The molecule has 0 amide bonds. The number of benzene rings is 1. The largest absolute Gasteiger partial charge is 0.326 e. The fourth-order valence-corrected chi connectivity index (χ4v) is 4.31. The van der Waals surface area contributed by atoms with Gasteiger partial charge in [0, 0.05) is 22.6 Å². The van der Waals surface area contributed by atoms with Crippen molar-refractivity contribution in [1.82, 2.24) is 4.72 Å². The third kappa shape index (κ3) is 4.70. The molecule has 4 nitrogen and oxygen atoms in total. The molecule has 0 spiro atoms. The molecule has 1 rings (SSSR count). The minimum absolute atomic E-state index is 0.0597. The van der Waals surface area contributed by atoms with E-state index in [2.05, 4.69) is 20.7 Å². The van der Waals surface area contributed by atoms with Gasteiger partial charge in [-0.1, -0.05) is 15.9 Å². The van der Waals surface area contributed by atoms with Gasteiger partial charge in [0.2, 0.25) is 10.0 Å². The summed E-state index contributed by atoms with van der Waals surface area (Å²) < 4.78 is 41.5. The van der Waals surface area contributed by atoms with E-state index in [1.54, 1.807) is 18.7 Å². The molecule has 1 aromatic carbocycles. The number of sulfonamides is 1. The summed E-state index contributed by atoms with van der Waals surface area (Å²) in [6, 6.07) is 2.47. The maximum atomic E-state index is 14.1. The summed E-state index contributed by atoms with van der Waals surface area (Å²) in [5, 5.41) is 0. The van der Waals surface area contributed by atoms with Gasteiger partial charge in [-0.2, -0.15) is 11.8 Å². The lowest BCUT2D eigenvalue weighted by molar-refractivity contribution is 0.535. The Morgan fingerprint density at radius 1 is 1.50 bits per heavy atom. The predicted molar refractivity (Wildman–Crippen MR) is 84.8 cm³/mol. The van der Waals surface area contributed by atoms with Crippen LogP contribution in [0.3, 0.4) is 0 Å². The monoisotopic (exact) mass is 384 g/mol. The third-order valence-electron chi connectivity index (χ3n) is 2.70. The molecule has 1 aromatic rings. The lowest BCUT2D eigenvalue weighted by atomic mass is 10.2. The fraction of sp³-hybridized carbons (Fsp3) is 0.500. The molecular weight excluding hydrogens is 367 g/mol. The predicted octanol–water partition coefficient (Wildman–Crippen LogP) is 2.47. The molecule has 0 aliphatic rings. The van der Waals surface area contributed by atoms with Crippen LogP contribution in [0, 0.1) is 5.82 Å². The molecule has 0 heterocycles. The van der Waals surface area contributed by atoms with Gasteiger partial charge in [-0.25, -0.2) is 17.5 Å². The van der Waals surface area contributed by atoms with E-state index in [1.807, 2.05) is 6.26 Å². The Morgan fingerprint density at radius 2 is 2.15 bits per heavy atom. The Hall–Kier alpha value is -0.150. The van der Waals surface area contributed by atoms with Crippen molar-refractivity contribution in [3.05, 3.63) is 28.0 Å². The lowest BCUT2D eigenvalue weighted by Crippen LogP contribution is -2.33. The first-order valence-corrected chi connectivity index (χ1v) is 9.68. The SMILES string of the molecule is CSCCC(C)NS(=O)(=O)c1cc(Br)cc(CN)c1F.